The Balaban J connectivity index is 1.87. The van der Waals surface area contributed by atoms with Crippen LogP contribution in [0, 0.1) is 6.92 Å². The molecule has 0 fully saturated rings. The molecule has 1 amide bonds. The van der Waals surface area contributed by atoms with Crippen LogP contribution in [-0.2, 0) is 0 Å². The molecule has 0 atom stereocenters. The van der Waals surface area contributed by atoms with E-state index >= 15 is 0 Å². The Morgan fingerprint density at radius 1 is 1.33 bits per heavy atom. The molecule has 6 heteroatoms. The molecule has 0 spiro atoms. The van der Waals surface area contributed by atoms with E-state index in [1.54, 1.807) is 11.0 Å². The maximum absolute atomic E-state index is 12.6. The minimum absolute atomic E-state index is 0.0245. The maximum atomic E-state index is 12.6. The third-order valence-electron chi connectivity index (χ3n) is 3.90. The second-order valence-electron chi connectivity index (χ2n) is 5.21. The van der Waals surface area contributed by atoms with Gasteiger partial charge in [-0.3, -0.25) is 4.79 Å². The molecule has 0 radical (unpaired) electrons. The number of carbonyl (C=O) groups excluding carboxylic acids is 1. The smallest absolute Gasteiger partial charge is 0.423 e. The number of hydrogen-bond acceptors (Lipinski definition) is 4. The molecule has 0 saturated carbocycles. The molecule has 1 aliphatic heterocycles. The first-order valence-corrected chi connectivity index (χ1v) is 7.72. The van der Waals surface area contributed by atoms with E-state index in [2.05, 4.69) is 0 Å². The van der Waals surface area contributed by atoms with Crippen LogP contribution in [0.3, 0.4) is 0 Å². The van der Waals surface area contributed by atoms with E-state index in [4.69, 9.17) is 10.0 Å². The molecule has 0 unspecified atom stereocenters. The van der Waals surface area contributed by atoms with Gasteiger partial charge in [0.25, 0.3) is 5.91 Å². The van der Waals surface area contributed by atoms with Gasteiger partial charge >= 0.3 is 7.12 Å². The third kappa shape index (κ3) is 2.62. The molecule has 2 aromatic rings. The van der Waals surface area contributed by atoms with Gasteiger partial charge in [-0.15, -0.1) is 11.3 Å². The van der Waals surface area contributed by atoms with E-state index in [1.807, 2.05) is 31.2 Å². The van der Waals surface area contributed by atoms with Gasteiger partial charge in [-0.1, -0.05) is 24.3 Å². The van der Waals surface area contributed by atoms with Crippen molar-refractivity contribution in [2.45, 2.75) is 13.3 Å². The van der Waals surface area contributed by atoms with Crippen molar-refractivity contribution < 1.29 is 14.8 Å². The molecule has 2 heterocycles. The lowest BCUT2D eigenvalue weighted by atomic mass is 9.76. The summed E-state index contributed by atoms with van der Waals surface area (Å²) < 4.78 is 1.12. The van der Waals surface area contributed by atoms with Crippen molar-refractivity contribution in [2.75, 3.05) is 13.1 Å². The van der Waals surface area contributed by atoms with Crippen LogP contribution in [0.15, 0.2) is 35.8 Å². The molecular formula is C15H16BNO3S. The molecule has 1 aromatic heterocycles. The van der Waals surface area contributed by atoms with Gasteiger partial charge in [0.2, 0.25) is 0 Å². The fourth-order valence-corrected chi connectivity index (χ4v) is 3.80. The third-order valence-corrected chi connectivity index (χ3v) is 5.16. The number of amides is 1. The lowest BCUT2D eigenvalue weighted by Crippen LogP contribution is -2.37. The molecule has 0 saturated heterocycles. The molecule has 1 aromatic carbocycles. The highest BCUT2D eigenvalue weighted by Crippen LogP contribution is 2.31. The minimum atomic E-state index is -1.41. The molecule has 1 aliphatic rings. The summed E-state index contributed by atoms with van der Waals surface area (Å²) in [5.41, 5.74) is 1.62. The lowest BCUT2D eigenvalue weighted by molar-refractivity contribution is 0.0773. The monoisotopic (exact) mass is 301 g/mol. The molecule has 4 nitrogen and oxygen atoms in total. The number of hydrogen-bond donors (Lipinski definition) is 2. The molecule has 0 aliphatic carbocycles. The summed E-state index contributed by atoms with van der Waals surface area (Å²) in [4.78, 5) is 15.2. The van der Waals surface area contributed by atoms with E-state index < -0.39 is 7.12 Å². The number of thiophene rings is 1. The van der Waals surface area contributed by atoms with Crippen molar-refractivity contribution in [1.82, 2.24) is 4.90 Å². The van der Waals surface area contributed by atoms with Crippen molar-refractivity contribution in [1.29, 1.82) is 0 Å². The number of nitrogens with zero attached hydrogens (tertiary/aromatic N) is 1. The number of carbonyl (C=O) groups is 1. The van der Waals surface area contributed by atoms with Crippen LogP contribution in [-0.4, -0.2) is 41.1 Å². The van der Waals surface area contributed by atoms with Crippen LogP contribution >= 0.6 is 11.3 Å². The van der Waals surface area contributed by atoms with Crippen LogP contribution in [0.4, 0.5) is 0 Å². The zero-order chi connectivity index (χ0) is 15.0. The first kappa shape index (κ1) is 14.3. The number of benzene rings is 1. The molecule has 108 valence electrons. The van der Waals surface area contributed by atoms with Crippen molar-refractivity contribution in [2.24, 2.45) is 0 Å². The van der Waals surface area contributed by atoms with Crippen LogP contribution in [0.5, 0.6) is 0 Å². The summed E-state index contributed by atoms with van der Waals surface area (Å²) in [5, 5.41) is 19.4. The van der Waals surface area contributed by atoms with Crippen LogP contribution in [0.2, 0.25) is 0 Å². The van der Waals surface area contributed by atoms with Crippen molar-refractivity contribution in [3.8, 4) is 0 Å². The normalized spacial score (nSPS) is 15.2. The first-order chi connectivity index (χ1) is 10.1. The molecule has 0 bridgehead atoms. The van der Waals surface area contributed by atoms with E-state index in [0.717, 1.165) is 20.5 Å². The Morgan fingerprint density at radius 3 is 2.71 bits per heavy atom. The van der Waals surface area contributed by atoms with Gasteiger partial charge in [-0.2, -0.15) is 0 Å². The molecular weight excluding hydrogens is 285 g/mol. The summed E-state index contributed by atoms with van der Waals surface area (Å²) >= 11 is 1.52. The van der Waals surface area contributed by atoms with Gasteiger partial charge in [0, 0.05) is 17.8 Å². The van der Waals surface area contributed by atoms with Gasteiger partial charge in [-0.05, 0) is 35.8 Å². The zero-order valence-electron chi connectivity index (χ0n) is 11.7. The van der Waals surface area contributed by atoms with E-state index in [9.17, 15) is 4.79 Å². The van der Waals surface area contributed by atoms with Gasteiger partial charge in [0.15, 0.2) is 0 Å². The fraction of sp³-hybridized carbons (Fsp3) is 0.267. The Morgan fingerprint density at radius 2 is 2.10 bits per heavy atom. The molecule has 2 N–H and O–H groups in total. The summed E-state index contributed by atoms with van der Waals surface area (Å²) in [5.74, 6) is 0.0245. The van der Waals surface area contributed by atoms with Crippen LogP contribution < -0.4 is 0 Å². The first-order valence-electron chi connectivity index (χ1n) is 6.90. The second-order valence-corrected chi connectivity index (χ2v) is 6.26. The van der Waals surface area contributed by atoms with E-state index in [0.29, 0.717) is 25.0 Å². The Kier molecular flexibility index (Phi) is 3.84. The van der Waals surface area contributed by atoms with E-state index in [1.165, 1.54) is 11.3 Å². The predicted octanol–water partition coefficient (Wildman–Crippen LogP) is 1.99. The van der Waals surface area contributed by atoms with Crippen LogP contribution in [0.1, 0.15) is 21.7 Å². The summed E-state index contributed by atoms with van der Waals surface area (Å²) in [7, 11) is -1.41. The highest BCUT2D eigenvalue weighted by molar-refractivity contribution is 7.21. The Labute approximate surface area is 127 Å². The van der Waals surface area contributed by atoms with Crippen molar-refractivity contribution in [3.63, 3.8) is 0 Å². The van der Waals surface area contributed by atoms with Gasteiger partial charge in [-0.25, -0.2) is 0 Å². The number of rotatable bonds is 2. The standard InChI is InChI=1S/C15H16BNO3S/c1-10-12-4-2-3-5-13(12)21-14(10)15(18)17-8-6-11(7-9-17)16(19)20/h2-6,19-20H,7-9H2,1H3. The van der Waals surface area contributed by atoms with Crippen molar-refractivity contribution >= 4 is 34.4 Å². The minimum Gasteiger partial charge on any atom is -0.423 e. The fourth-order valence-electron chi connectivity index (χ4n) is 2.63. The largest absolute Gasteiger partial charge is 0.483 e. The SMILES string of the molecule is Cc1c(C(=O)N2CC=C(B(O)O)CC2)sc2ccccc12. The van der Waals surface area contributed by atoms with Gasteiger partial charge in [0.05, 0.1) is 4.88 Å². The highest BCUT2D eigenvalue weighted by atomic mass is 32.1. The van der Waals surface area contributed by atoms with Crippen LogP contribution in [0.25, 0.3) is 10.1 Å². The second kappa shape index (κ2) is 5.64. The number of aryl methyl sites for hydroxylation is 1. The maximum Gasteiger partial charge on any atom is 0.483 e. The molecule has 3 rings (SSSR count). The predicted molar refractivity (Wildman–Crippen MR) is 85.4 cm³/mol. The van der Waals surface area contributed by atoms with Gasteiger partial charge in [0.1, 0.15) is 0 Å². The lowest BCUT2D eigenvalue weighted by Gasteiger charge is -2.26. The molecule has 21 heavy (non-hydrogen) atoms. The summed E-state index contributed by atoms with van der Waals surface area (Å²) in [6, 6.07) is 8.02. The van der Waals surface area contributed by atoms with E-state index in [-0.39, 0.29) is 5.91 Å². The zero-order valence-corrected chi connectivity index (χ0v) is 12.6. The topological polar surface area (TPSA) is 60.8 Å². The summed E-state index contributed by atoms with van der Waals surface area (Å²) in [6.07, 6.45) is 2.24. The van der Waals surface area contributed by atoms with Gasteiger partial charge < -0.3 is 14.9 Å². The number of fused-ring (bicyclic) bond motifs is 1. The average Bonchev–Trinajstić information content (AvgIpc) is 2.84. The Hall–Kier alpha value is -1.63. The highest BCUT2D eigenvalue weighted by Gasteiger charge is 2.25. The summed E-state index contributed by atoms with van der Waals surface area (Å²) in [6.45, 7) is 2.93. The van der Waals surface area contributed by atoms with Crippen molar-refractivity contribution in [3.05, 3.63) is 46.3 Å². The average molecular weight is 301 g/mol. The Bertz CT molecular complexity index is 723. The quantitative estimate of drug-likeness (QED) is 0.834.